The summed E-state index contributed by atoms with van der Waals surface area (Å²) in [5.74, 6) is -2.34. The van der Waals surface area contributed by atoms with Gasteiger partial charge in [0.2, 0.25) is 5.91 Å². The van der Waals surface area contributed by atoms with Gasteiger partial charge in [-0.05, 0) is 19.3 Å². The summed E-state index contributed by atoms with van der Waals surface area (Å²) < 4.78 is 32.1. The molecule has 2 aliphatic rings. The number of amides is 1. The second-order valence-electron chi connectivity index (χ2n) is 8.99. The molecule has 0 aromatic carbocycles. The maximum Gasteiger partial charge on any atom is 0.261 e. The summed E-state index contributed by atoms with van der Waals surface area (Å²) in [6, 6.07) is 1.28. The van der Waals surface area contributed by atoms with Crippen molar-refractivity contribution in [2.75, 3.05) is 26.2 Å². The van der Waals surface area contributed by atoms with Crippen molar-refractivity contribution >= 4 is 11.7 Å². The number of Topliss-reactive ketones (excluding diaryl/α,β-unsaturated/α-hetero) is 1. The van der Waals surface area contributed by atoms with Gasteiger partial charge in [0.05, 0.1) is 31.2 Å². The average Bonchev–Trinajstić information content (AvgIpc) is 3.21. The lowest BCUT2D eigenvalue weighted by molar-refractivity contribution is -0.142. The van der Waals surface area contributed by atoms with Crippen LogP contribution in [0.3, 0.4) is 0 Å². The number of alkyl halides is 2. The van der Waals surface area contributed by atoms with Gasteiger partial charge in [-0.25, -0.2) is 8.78 Å². The summed E-state index contributed by atoms with van der Waals surface area (Å²) in [6.07, 6.45) is 2.18. The first-order valence-electron chi connectivity index (χ1n) is 9.94. The molecule has 1 aromatic rings. The normalized spacial score (nSPS) is 23.2. The van der Waals surface area contributed by atoms with Crippen molar-refractivity contribution in [3.05, 3.63) is 17.5 Å². The Balaban J connectivity index is 1.63. The van der Waals surface area contributed by atoms with Crippen molar-refractivity contribution < 1.29 is 22.9 Å². The summed E-state index contributed by atoms with van der Waals surface area (Å²) in [4.78, 5) is 28.6. The monoisotopic (exact) mass is 397 g/mol. The number of halogens is 2. The second kappa shape index (κ2) is 7.89. The van der Waals surface area contributed by atoms with Crippen molar-refractivity contribution in [2.45, 2.75) is 70.3 Å². The van der Waals surface area contributed by atoms with Gasteiger partial charge in [-0.1, -0.05) is 25.9 Å². The molecule has 3 heterocycles. The zero-order valence-corrected chi connectivity index (χ0v) is 16.8. The topological polar surface area (TPSA) is 66.7 Å². The molecule has 1 amide bonds. The highest BCUT2D eigenvalue weighted by Gasteiger charge is 2.40. The van der Waals surface area contributed by atoms with E-state index in [-0.39, 0.29) is 49.6 Å². The fourth-order valence-corrected chi connectivity index (χ4v) is 3.83. The minimum absolute atomic E-state index is 0.0580. The smallest absolute Gasteiger partial charge is 0.261 e. The Labute approximate surface area is 164 Å². The Bertz CT molecular complexity index is 727. The molecule has 2 aliphatic heterocycles. The third-order valence-corrected chi connectivity index (χ3v) is 5.46. The molecule has 28 heavy (non-hydrogen) atoms. The van der Waals surface area contributed by atoms with Crippen LogP contribution in [0.2, 0.25) is 0 Å². The fourth-order valence-electron chi connectivity index (χ4n) is 3.83. The molecular formula is C20H29F2N3O3. The van der Waals surface area contributed by atoms with E-state index in [1.165, 1.54) is 4.90 Å². The number of aromatic nitrogens is 1. The first-order chi connectivity index (χ1) is 13.0. The summed E-state index contributed by atoms with van der Waals surface area (Å²) in [6.45, 7) is 6.26. The van der Waals surface area contributed by atoms with Gasteiger partial charge in [-0.15, -0.1) is 0 Å². The van der Waals surface area contributed by atoms with Crippen LogP contribution in [0.1, 0.15) is 57.9 Å². The maximum absolute atomic E-state index is 13.4. The van der Waals surface area contributed by atoms with Gasteiger partial charge < -0.3 is 9.42 Å². The van der Waals surface area contributed by atoms with Crippen LogP contribution >= 0.6 is 0 Å². The molecule has 8 heteroatoms. The Morgan fingerprint density at radius 2 is 2.04 bits per heavy atom. The Morgan fingerprint density at radius 3 is 2.64 bits per heavy atom. The van der Waals surface area contributed by atoms with Crippen LogP contribution < -0.4 is 0 Å². The zero-order chi connectivity index (χ0) is 20.5. The van der Waals surface area contributed by atoms with E-state index < -0.39 is 12.0 Å². The van der Waals surface area contributed by atoms with Gasteiger partial charge in [0.25, 0.3) is 5.92 Å². The van der Waals surface area contributed by atoms with Gasteiger partial charge in [0, 0.05) is 31.0 Å². The van der Waals surface area contributed by atoms with Crippen LogP contribution in [0, 0.1) is 0 Å². The third kappa shape index (κ3) is 4.96. The van der Waals surface area contributed by atoms with E-state index >= 15 is 0 Å². The van der Waals surface area contributed by atoms with Gasteiger partial charge in [-0.2, -0.15) is 0 Å². The molecule has 1 aromatic heterocycles. The van der Waals surface area contributed by atoms with Crippen LogP contribution in [0.25, 0.3) is 0 Å². The molecule has 156 valence electrons. The Kier molecular flexibility index (Phi) is 5.89. The number of piperidine rings is 1. The molecule has 0 spiro atoms. The molecule has 0 bridgehead atoms. The van der Waals surface area contributed by atoms with E-state index in [0.29, 0.717) is 24.4 Å². The predicted octanol–water partition coefficient (Wildman–Crippen LogP) is 2.81. The summed E-state index contributed by atoms with van der Waals surface area (Å²) >= 11 is 0. The number of nitrogens with zero attached hydrogens (tertiary/aromatic N) is 3. The lowest BCUT2D eigenvalue weighted by Gasteiger charge is -2.35. The molecular weight excluding hydrogens is 368 g/mol. The SMILES string of the molecule is CC(C)(C)c1cc(CC(=O)[C@@H]2CCCCN2C(=O)CN2CCC(F)(F)C2)no1. The van der Waals surface area contributed by atoms with Crippen molar-refractivity contribution in [3.8, 4) is 0 Å². The largest absolute Gasteiger partial charge is 0.361 e. The van der Waals surface area contributed by atoms with Crippen molar-refractivity contribution in [2.24, 2.45) is 0 Å². The minimum Gasteiger partial charge on any atom is -0.361 e. The molecule has 3 rings (SSSR count). The standard InChI is InChI=1S/C20H29F2N3O3/c1-19(2,3)17-11-14(23-28-17)10-16(26)15-6-4-5-8-25(15)18(27)12-24-9-7-20(21,22)13-24/h11,15H,4-10,12-13H2,1-3H3/t15-/m0/s1. The number of hydrogen-bond donors (Lipinski definition) is 0. The first kappa shape index (κ1) is 20.9. The molecule has 2 saturated heterocycles. The summed E-state index contributed by atoms with van der Waals surface area (Å²) in [5, 5.41) is 4.00. The number of carbonyl (C=O) groups excluding carboxylic acids is 2. The van der Waals surface area contributed by atoms with Crippen LogP contribution in [-0.4, -0.2) is 64.8 Å². The van der Waals surface area contributed by atoms with Gasteiger partial charge in [0.15, 0.2) is 5.78 Å². The van der Waals surface area contributed by atoms with Crippen LogP contribution in [0.5, 0.6) is 0 Å². The molecule has 0 unspecified atom stereocenters. The number of hydrogen-bond acceptors (Lipinski definition) is 5. The second-order valence-corrected chi connectivity index (χ2v) is 8.99. The molecule has 0 aliphatic carbocycles. The van der Waals surface area contributed by atoms with Crippen molar-refractivity contribution in [1.82, 2.24) is 15.0 Å². The molecule has 1 atom stereocenters. The first-order valence-corrected chi connectivity index (χ1v) is 9.94. The van der Waals surface area contributed by atoms with E-state index in [4.69, 9.17) is 4.52 Å². The van der Waals surface area contributed by atoms with Crippen LogP contribution in [0.4, 0.5) is 8.78 Å². The highest BCUT2D eigenvalue weighted by atomic mass is 19.3. The van der Waals surface area contributed by atoms with Crippen molar-refractivity contribution in [1.29, 1.82) is 0 Å². The van der Waals surface area contributed by atoms with Crippen molar-refractivity contribution in [3.63, 3.8) is 0 Å². The quantitative estimate of drug-likeness (QED) is 0.764. The highest BCUT2D eigenvalue weighted by molar-refractivity contribution is 5.91. The molecule has 0 N–H and O–H groups in total. The van der Waals surface area contributed by atoms with E-state index in [1.807, 2.05) is 20.8 Å². The van der Waals surface area contributed by atoms with Gasteiger partial charge in [-0.3, -0.25) is 14.5 Å². The number of carbonyl (C=O) groups is 2. The summed E-state index contributed by atoms with van der Waals surface area (Å²) in [5.41, 5.74) is 0.367. The maximum atomic E-state index is 13.4. The van der Waals surface area contributed by atoms with Gasteiger partial charge in [0.1, 0.15) is 5.76 Å². The lowest BCUT2D eigenvalue weighted by atomic mass is 9.92. The highest BCUT2D eigenvalue weighted by Crippen LogP contribution is 2.28. The van der Waals surface area contributed by atoms with E-state index in [0.717, 1.165) is 12.8 Å². The minimum atomic E-state index is -2.73. The fraction of sp³-hybridized carbons (Fsp3) is 0.750. The molecule has 0 radical (unpaired) electrons. The molecule has 0 saturated carbocycles. The third-order valence-electron chi connectivity index (χ3n) is 5.46. The average molecular weight is 397 g/mol. The number of rotatable bonds is 5. The zero-order valence-electron chi connectivity index (χ0n) is 16.8. The van der Waals surface area contributed by atoms with E-state index in [9.17, 15) is 18.4 Å². The number of likely N-dealkylation sites (tertiary alicyclic amines) is 2. The van der Waals surface area contributed by atoms with Gasteiger partial charge >= 0.3 is 0 Å². The van der Waals surface area contributed by atoms with Crippen LogP contribution in [0.15, 0.2) is 10.6 Å². The summed E-state index contributed by atoms with van der Waals surface area (Å²) in [7, 11) is 0. The molecule has 2 fully saturated rings. The van der Waals surface area contributed by atoms with E-state index in [1.54, 1.807) is 11.0 Å². The Morgan fingerprint density at radius 1 is 1.29 bits per heavy atom. The Hall–Kier alpha value is -1.83. The lowest BCUT2D eigenvalue weighted by Crippen LogP contribution is -2.51. The number of ketones is 1. The van der Waals surface area contributed by atoms with E-state index in [2.05, 4.69) is 5.16 Å². The van der Waals surface area contributed by atoms with Crippen LogP contribution in [-0.2, 0) is 21.4 Å². The predicted molar refractivity (Wildman–Crippen MR) is 99.3 cm³/mol. The molecule has 6 nitrogen and oxygen atoms in total.